The molecule has 0 saturated heterocycles. The van der Waals surface area contributed by atoms with Crippen LogP contribution in [0, 0.1) is 20.2 Å². The minimum absolute atomic E-state index is 0.0219. The lowest BCUT2D eigenvalue weighted by Crippen LogP contribution is -2.11. The Labute approximate surface area is 317 Å². The molecule has 6 aromatic carbocycles. The average Bonchev–Trinajstić information content (AvgIpc) is 4.00. The predicted molar refractivity (Wildman–Crippen MR) is 219 cm³/mol. The topological polar surface area (TPSA) is 149 Å². The maximum atomic E-state index is 11.9. The van der Waals surface area contributed by atoms with Crippen molar-refractivity contribution in [2.24, 2.45) is 0 Å². The van der Waals surface area contributed by atoms with Gasteiger partial charge < -0.3 is 19.9 Å². The molecule has 10 heteroatoms. The number of para-hydroxylation sites is 4. The van der Waals surface area contributed by atoms with Gasteiger partial charge in [-0.25, -0.2) is 0 Å². The molecule has 268 valence electrons. The summed E-state index contributed by atoms with van der Waals surface area (Å²) in [6.07, 6.45) is 0. The van der Waals surface area contributed by atoms with Crippen LogP contribution in [-0.4, -0.2) is 29.8 Å². The zero-order chi connectivity index (χ0) is 37.7. The van der Waals surface area contributed by atoms with Gasteiger partial charge in [-0.3, -0.25) is 20.2 Å². The number of benzene rings is 6. The fourth-order valence-electron chi connectivity index (χ4n) is 9.17. The zero-order valence-corrected chi connectivity index (χ0v) is 29.5. The molecule has 0 atom stereocenters. The van der Waals surface area contributed by atoms with Crippen LogP contribution in [0.15, 0.2) is 146 Å². The van der Waals surface area contributed by atoms with Crippen LogP contribution in [0.25, 0.3) is 66.4 Å². The SMILES string of the molecule is O=[N+]([O-])c1ccc(C2c3c([nH]c4ccccc34)-c3[nH]c4ccccc4c3C(c3ccc([N+](=O)[O-])cc3)c3c([nH]c4ccccc34)-c3[nH]c4ccccc4c32)cc1. The first-order valence-corrected chi connectivity index (χ1v) is 18.4. The molecule has 4 heterocycles. The summed E-state index contributed by atoms with van der Waals surface area (Å²) < 4.78 is 0. The third kappa shape index (κ3) is 4.56. The van der Waals surface area contributed by atoms with E-state index in [2.05, 4.69) is 68.5 Å². The summed E-state index contributed by atoms with van der Waals surface area (Å²) in [5.41, 5.74) is 13.3. The van der Waals surface area contributed by atoms with E-state index in [1.807, 2.05) is 72.8 Å². The van der Waals surface area contributed by atoms with E-state index in [4.69, 9.17) is 0 Å². The van der Waals surface area contributed by atoms with Crippen LogP contribution >= 0.6 is 0 Å². The summed E-state index contributed by atoms with van der Waals surface area (Å²) >= 11 is 0. The summed E-state index contributed by atoms with van der Waals surface area (Å²) in [5, 5.41) is 28.0. The van der Waals surface area contributed by atoms with Crippen LogP contribution in [0.1, 0.15) is 45.2 Å². The number of hydrogen-bond donors (Lipinski definition) is 4. The second-order valence-electron chi connectivity index (χ2n) is 14.4. The van der Waals surface area contributed by atoms with Gasteiger partial charge in [0.2, 0.25) is 0 Å². The number of aromatic amines is 4. The van der Waals surface area contributed by atoms with Crippen molar-refractivity contribution in [3.05, 3.63) is 199 Å². The van der Waals surface area contributed by atoms with E-state index in [0.717, 1.165) is 99.8 Å². The Hall–Kier alpha value is -7.72. The molecule has 1 aliphatic carbocycles. The van der Waals surface area contributed by atoms with Gasteiger partial charge in [0.05, 0.1) is 32.6 Å². The van der Waals surface area contributed by atoms with Crippen molar-refractivity contribution in [1.29, 1.82) is 0 Å². The quantitative estimate of drug-likeness (QED) is 0.105. The van der Waals surface area contributed by atoms with Gasteiger partial charge in [0.15, 0.2) is 0 Å². The second kappa shape index (κ2) is 11.9. The Bertz CT molecular complexity index is 2840. The molecule has 0 spiro atoms. The minimum atomic E-state index is -0.400. The highest BCUT2D eigenvalue weighted by Gasteiger charge is 2.38. The summed E-state index contributed by atoms with van der Waals surface area (Å²) in [4.78, 5) is 38.6. The monoisotopic (exact) mass is 730 g/mol. The van der Waals surface area contributed by atoms with E-state index in [1.165, 1.54) is 0 Å². The van der Waals surface area contributed by atoms with Gasteiger partial charge in [-0.1, -0.05) is 97.1 Å². The summed E-state index contributed by atoms with van der Waals surface area (Å²) in [7, 11) is 0. The fraction of sp³-hybridized carbons (Fsp3) is 0.0435. The first-order valence-electron chi connectivity index (χ1n) is 18.4. The molecule has 0 aliphatic heterocycles. The third-order valence-corrected chi connectivity index (χ3v) is 11.5. The lowest BCUT2D eigenvalue weighted by Gasteiger charge is -2.26. The Morgan fingerprint density at radius 2 is 0.607 bits per heavy atom. The third-order valence-electron chi connectivity index (χ3n) is 11.5. The van der Waals surface area contributed by atoms with Gasteiger partial charge in [0.1, 0.15) is 0 Å². The van der Waals surface area contributed by atoms with Crippen LogP contribution in [0.3, 0.4) is 0 Å². The number of H-pyrrole nitrogens is 4. The fourth-order valence-corrected chi connectivity index (χ4v) is 9.17. The molecule has 10 nitrogen and oxygen atoms in total. The molecule has 56 heavy (non-hydrogen) atoms. The van der Waals surface area contributed by atoms with E-state index in [0.29, 0.717) is 0 Å². The first kappa shape index (κ1) is 31.8. The van der Waals surface area contributed by atoms with Gasteiger partial charge in [-0.2, -0.15) is 0 Å². The number of fused-ring (bicyclic) bond motifs is 14. The average molecular weight is 731 g/mol. The standard InChI is InChI=1S/C46H30N6O4/c53-51(54)27-21-17-25(18-22-27)37-39-29-9-1-5-13-33(29)47-43(39)44-41(31-11-3-7-15-35(31)48-44)38(26-19-23-28(24-20-26)52(55)56)42-32-12-4-8-16-36(32)50-46(42)45-40(37)30-10-2-6-14-34(30)49-45/h1-24,37-38,47-50H. The zero-order valence-electron chi connectivity index (χ0n) is 29.5. The normalized spacial score (nSPS) is 15.1. The van der Waals surface area contributed by atoms with Crippen molar-refractivity contribution < 1.29 is 9.85 Å². The Balaban J connectivity index is 1.38. The molecule has 0 fully saturated rings. The number of nitro benzene ring substituents is 2. The minimum Gasteiger partial charge on any atom is -0.353 e. The van der Waals surface area contributed by atoms with Gasteiger partial charge in [-0.15, -0.1) is 0 Å². The summed E-state index contributed by atoms with van der Waals surface area (Å²) in [6, 6.07) is 47.0. The van der Waals surface area contributed by atoms with Crippen LogP contribution in [-0.2, 0) is 0 Å². The lowest BCUT2D eigenvalue weighted by molar-refractivity contribution is -0.385. The number of nitrogens with zero attached hydrogens (tertiary/aromatic N) is 2. The Morgan fingerprint density at radius 3 is 0.857 bits per heavy atom. The lowest BCUT2D eigenvalue weighted by atomic mass is 9.76. The van der Waals surface area contributed by atoms with Crippen LogP contribution in [0.5, 0.6) is 0 Å². The molecule has 0 radical (unpaired) electrons. The van der Waals surface area contributed by atoms with Crippen LogP contribution in [0.2, 0.25) is 0 Å². The van der Waals surface area contributed by atoms with E-state index in [-0.39, 0.29) is 21.2 Å². The molecular weight excluding hydrogens is 701 g/mol. The molecule has 4 aromatic heterocycles. The number of nitrogens with one attached hydrogen (secondary N) is 4. The van der Waals surface area contributed by atoms with E-state index in [9.17, 15) is 20.2 Å². The van der Waals surface area contributed by atoms with Crippen molar-refractivity contribution in [3.8, 4) is 22.8 Å². The predicted octanol–water partition coefficient (Wildman–Crippen LogP) is 11.4. The first-order chi connectivity index (χ1) is 27.4. The van der Waals surface area contributed by atoms with Gasteiger partial charge >= 0.3 is 0 Å². The highest BCUT2D eigenvalue weighted by molar-refractivity contribution is 6.04. The van der Waals surface area contributed by atoms with Crippen molar-refractivity contribution >= 4 is 55.0 Å². The van der Waals surface area contributed by atoms with E-state index >= 15 is 0 Å². The van der Waals surface area contributed by atoms with Crippen molar-refractivity contribution in [2.45, 2.75) is 11.8 Å². The molecule has 0 amide bonds. The van der Waals surface area contributed by atoms with Crippen LogP contribution < -0.4 is 0 Å². The van der Waals surface area contributed by atoms with Gasteiger partial charge in [-0.05, 0) is 57.6 Å². The molecule has 1 aliphatic rings. The highest BCUT2D eigenvalue weighted by atomic mass is 16.6. The highest BCUT2D eigenvalue weighted by Crippen LogP contribution is 2.54. The van der Waals surface area contributed by atoms with Crippen LogP contribution in [0.4, 0.5) is 11.4 Å². The molecule has 11 rings (SSSR count). The molecule has 4 N–H and O–H groups in total. The van der Waals surface area contributed by atoms with Gasteiger partial charge in [0, 0.05) is 79.7 Å². The molecule has 0 unspecified atom stereocenters. The molecular formula is C46H30N6O4. The van der Waals surface area contributed by atoms with E-state index in [1.54, 1.807) is 24.3 Å². The second-order valence-corrected chi connectivity index (χ2v) is 14.4. The smallest absolute Gasteiger partial charge is 0.269 e. The maximum absolute atomic E-state index is 11.9. The largest absolute Gasteiger partial charge is 0.353 e. The van der Waals surface area contributed by atoms with E-state index < -0.39 is 11.8 Å². The molecule has 10 aromatic rings. The Kier molecular flexibility index (Phi) is 6.75. The number of nitro groups is 2. The molecule has 0 saturated carbocycles. The number of rotatable bonds is 4. The number of aromatic nitrogens is 4. The number of hydrogen-bond acceptors (Lipinski definition) is 4. The van der Waals surface area contributed by atoms with Crippen molar-refractivity contribution in [2.75, 3.05) is 0 Å². The van der Waals surface area contributed by atoms with Gasteiger partial charge in [0.25, 0.3) is 11.4 Å². The summed E-state index contributed by atoms with van der Waals surface area (Å²) in [5.74, 6) is -0.801. The molecule has 0 bridgehead atoms. The van der Waals surface area contributed by atoms with Crippen molar-refractivity contribution in [1.82, 2.24) is 19.9 Å². The Morgan fingerprint density at radius 1 is 0.357 bits per heavy atom. The van der Waals surface area contributed by atoms with Crippen molar-refractivity contribution in [3.63, 3.8) is 0 Å². The summed E-state index contributed by atoms with van der Waals surface area (Å²) in [6.45, 7) is 0. The number of non-ortho nitro benzene ring substituents is 2. The maximum Gasteiger partial charge on any atom is 0.269 e.